The van der Waals surface area contributed by atoms with Crippen LogP contribution in [0.25, 0.3) is 11.0 Å². The van der Waals surface area contributed by atoms with Gasteiger partial charge in [0.2, 0.25) is 11.8 Å². The Labute approximate surface area is 174 Å². The van der Waals surface area contributed by atoms with Crippen molar-refractivity contribution in [3.63, 3.8) is 0 Å². The molecule has 6 heteroatoms. The third-order valence-electron chi connectivity index (χ3n) is 5.64. The molecule has 152 valence electrons. The fourth-order valence-corrected chi connectivity index (χ4v) is 4.85. The molecule has 0 radical (unpaired) electrons. The quantitative estimate of drug-likeness (QED) is 0.606. The van der Waals surface area contributed by atoms with Gasteiger partial charge < -0.3 is 14.2 Å². The number of thiophene rings is 1. The highest BCUT2D eigenvalue weighted by Gasteiger charge is 2.23. The number of rotatable bonds is 6. The largest absolute Gasteiger partial charge is 0.461 e. The van der Waals surface area contributed by atoms with Gasteiger partial charge in [-0.1, -0.05) is 25.1 Å². The summed E-state index contributed by atoms with van der Waals surface area (Å²) in [6.45, 7) is 3.97. The highest BCUT2D eigenvalue weighted by atomic mass is 32.1. The van der Waals surface area contributed by atoms with Gasteiger partial charge in [0.25, 0.3) is 0 Å². The molecule has 0 N–H and O–H groups in total. The van der Waals surface area contributed by atoms with Gasteiger partial charge in [-0.05, 0) is 29.5 Å². The molecule has 2 aromatic heterocycles. The molecule has 2 amide bonds. The summed E-state index contributed by atoms with van der Waals surface area (Å²) in [4.78, 5) is 30.2. The number of carbonyl (C=O) groups is 2. The maximum absolute atomic E-state index is 12.7. The van der Waals surface area contributed by atoms with Crippen molar-refractivity contribution in [1.82, 2.24) is 9.80 Å². The Hall–Kier alpha value is -2.60. The average molecular weight is 411 g/mol. The van der Waals surface area contributed by atoms with E-state index in [0.717, 1.165) is 41.7 Å². The lowest BCUT2D eigenvalue weighted by Gasteiger charge is -2.27. The van der Waals surface area contributed by atoms with Gasteiger partial charge in [0.15, 0.2) is 0 Å². The monoisotopic (exact) mass is 410 g/mol. The van der Waals surface area contributed by atoms with Crippen LogP contribution in [0.1, 0.15) is 41.5 Å². The molecule has 5 nitrogen and oxygen atoms in total. The van der Waals surface area contributed by atoms with Crippen LogP contribution in [-0.4, -0.2) is 35.2 Å². The molecule has 3 heterocycles. The molecule has 3 aromatic rings. The number of fused-ring (bicyclic) bond motifs is 2. The van der Waals surface area contributed by atoms with E-state index in [1.807, 2.05) is 29.2 Å². The van der Waals surface area contributed by atoms with Crippen LogP contribution >= 0.6 is 11.3 Å². The molecular formula is C23H26N2O3S. The maximum atomic E-state index is 12.7. The van der Waals surface area contributed by atoms with E-state index in [9.17, 15) is 9.59 Å². The second-order valence-electron chi connectivity index (χ2n) is 7.54. The van der Waals surface area contributed by atoms with Gasteiger partial charge in [-0.2, -0.15) is 0 Å². The predicted molar refractivity (Wildman–Crippen MR) is 115 cm³/mol. The molecular weight excluding hydrogens is 384 g/mol. The molecule has 29 heavy (non-hydrogen) atoms. The van der Waals surface area contributed by atoms with Gasteiger partial charge in [-0.25, -0.2) is 0 Å². The van der Waals surface area contributed by atoms with E-state index < -0.39 is 0 Å². The number of amides is 2. The first-order chi connectivity index (χ1) is 14.1. The van der Waals surface area contributed by atoms with Gasteiger partial charge in [0.1, 0.15) is 11.3 Å². The van der Waals surface area contributed by atoms with Crippen LogP contribution in [0.2, 0.25) is 0 Å². The zero-order chi connectivity index (χ0) is 20.4. The smallest absolute Gasteiger partial charge is 0.223 e. The summed E-state index contributed by atoms with van der Waals surface area (Å²) in [6.07, 6.45) is 2.19. The number of aryl methyl sites for hydroxylation is 1. The lowest BCUT2D eigenvalue weighted by Crippen LogP contribution is -2.36. The van der Waals surface area contributed by atoms with Crippen LogP contribution in [0.15, 0.2) is 40.1 Å². The molecule has 1 aliphatic rings. The highest BCUT2D eigenvalue weighted by molar-refractivity contribution is 7.10. The standard InChI is InChI=1S/C23H26N2O3S/c1-3-19-18(17-6-4-5-7-20(17)28-19)15-24(2)22(26)8-9-23(27)25-12-10-21-16(14-25)11-13-29-21/h4-7,11,13H,3,8-10,12,14-15H2,1-2H3. The molecule has 0 saturated heterocycles. The summed E-state index contributed by atoms with van der Waals surface area (Å²) in [5.41, 5.74) is 3.16. The van der Waals surface area contributed by atoms with Crippen molar-refractivity contribution >= 4 is 34.1 Å². The van der Waals surface area contributed by atoms with Crippen molar-refractivity contribution in [2.24, 2.45) is 0 Å². The molecule has 4 rings (SSSR count). The maximum Gasteiger partial charge on any atom is 0.223 e. The molecule has 0 saturated carbocycles. The first-order valence-corrected chi connectivity index (χ1v) is 11.0. The number of hydrogen-bond donors (Lipinski definition) is 0. The molecule has 0 unspecified atom stereocenters. The molecule has 0 fully saturated rings. The van der Waals surface area contributed by atoms with Crippen molar-refractivity contribution in [3.05, 3.63) is 57.5 Å². The third-order valence-corrected chi connectivity index (χ3v) is 6.66. The number of hydrogen-bond acceptors (Lipinski definition) is 4. The van der Waals surface area contributed by atoms with Crippen LogP contribution < -0.4 is 0 Å². The van der Waals surface area contributed by atoms with E-state index in [1.54, 1.807) is 23.3 Å². The topological polar surface area (TPSA) is 53.8 Å². The Bertz CT molecular complexity index is 1040. The summed E-state index contributed by atoms with van der Waals surface area (Å²) < 4.78 is 5.93. The predicted octanol–water partition coefficient (Wildman–Crippen LogP) is 4.38. The fourth-order valence-electron chi connectivity index (χ4n) is 3.96. The second kappa shape index (κ2) is 8.41. The minimum Gasteiger partial charge on any atom is -0.461 e. The van der Waals surface area contributed by atoms with Crippen molar-refractivity contribution in [2.75, 3.05) is 13.6 Å². The zero-order valence-corrected chi connectivity index (χ0v) is 17.8. The number of carbonyl (C=O) groups excluding carboxylic acids is 2. The van der Waals surface area contributed by atoms with Crippen molar-refractivity contribution < 1.29 is 14.0 Å². The molecule has 0 atom stereocenters. The van der Waals surface area contributed by atoms with Crippen molar-refractivity contribution in [1.29, 1.82) is 0 Å². The lowest BCUT2D eigenvalue weighted by molar-refractivity contribution is -0.137. The van der Waals surface area contributed by atoms with Crippen LogP contribution in [0.3, 0.4) is 0 Å². The van der Waals surface area contributed by atoms with Gasteiger partial charge in [-0.3, -0.25) is 9.59 Å². The number of benzene rings is 1. The normalized spacial score (nSPS) is 13.5. The number of para-hydroxylation sites is 1. The van der Waals surface area contributed by atoms with Crippen molar-refractivity contribution in [3.8, 4) is 0 Å². The van der Waals surface area contributed by atoms with E-state index in [-0.39, 0.29) is 24.7 Å². The Morgan fingerprint density at radius 3 is 2.86 bits per heavy atom. The Morgan fingerprint density at radius 1 is 1.21 bits per heavy atom. The van der Waals surface area contributed by atoms with Crippen molar-refractivity contribution in [2.45, 2.75) is 45.7 Å². The SMILES string of the molecule is CCc1oc2ccccc2c1CN(C)C(=O)CCC(=O)N1CCc2sccc2C1. The Kier molecular flexibility index (Phi) is 5.72. The van der Waals surface area contributed by atoms with Crippen LogP contribution in [-0.2, 0) is 35.5 Å². The summed E-state index contributed by atoms with van der Waals surface area (Å²) in [5.74, 6) is 0.965. The first-order valence-electron chi connectivity index (χ1n) is 10.1. The van der Waals surface area contributed by atoms with E-state index in [2.05, 4.69) is 18.4 Å². The Balaban J connectivity index is 1.35. The lowest BCUT2D eigenvalue weighted by atomic mass is 10.1. The molecule has 1 aliphatic heterocycles. The van der Waals surface area contributed by atoms with Crippen LogP contribution in [0.4, 0.5) is 0 Å². The molecule has 0 aliphatic carbocycles. The zero-order valence-electron chi connectivity index (χ0n) is 16.9. The van der Waals surface area contributed by atoms with Gasteiger partial charge in [0.05, 0.1) is 0 Å². The summed E-state index contributed by atoms with van der Waals surface area (Å²) in [5, 5.41) is 3.14. The third kappa shape index (κ3) is 4.08. The molecule has 0 spiro atoms. The average Bonchev–Trinajstić information content (AvgIpc) is 3.35. The van der Waals surface area contributed by atoms with Crippen LogP contribution in [0, 0.1) is 0 Å². The Morgan fingerprint density at radius 2 is 2.03 bits per heavy atom. The summed E-state index contributed by atoms with van der Waals surface area (Å²) >= 11 is 1.76. The summed E-state index contributed by atoms with van der Waals surface area (Å²) in [7, 11) is 1.80. The number of furan rings is 1. The second-order valence-corrected chi connectivity index (χ2v) is 8.54. The van der Waals surface area contributed by atoms with E-state index in [0.29, 0.717) is 13.1 Å². The van der Waals surface area contributed by atoms with Gasteiger partial charge in [0, 0.05) is 61.8 Å². The van der Waals surface area contributed by atoms with Gasteiger partial charge >= 0.3 is 0 Å². The number of nitrogens with zero attached hydrogens (tertiary/aromatic N) is 2. The van der Waals surface area contributed by atoms with E-state index in [1.165, 1.54) is 10.4 Å². The van der Waals surface area contributed by atoms with Crippen LogP contribution in [0.5, 0.6) is 0 Å². The molecule has 1 aromatic carbocycles. The van der Waals surface area contributed by atoms with E-state index >= 15 is 0 Å². The minimum absolute atomic E-state index is 0.0149. The highest BCUT2D eigenvalue weighted by Crippen LogP contribution is 2.28. The first kappa shape index (κ1) is 19.7. The van der Waals surface area contributed by atoms with Gasteiger partial charge in [-0.15, -0.1) is 11.3 Å². The van der Waals surface area contributed by atoms with E-state index in [4.69, 9.17) is 4.42 Å². The molecule has 0 bridgehead atoms. The fraction of sp³-hybridized carbons (Fsp3) is 0.391. The minimum atomic E-state index is -0.0149. The summed E-state index contributed by atoms with van der Waals surface area (Å²) in [6, 6.07) is 10.0.